The number of rotatable bonds is 5. The molecule has 0 amide bonds. The molecule has 0 bridgehead atoms. The van der Waals surface area contributed by atoms with Crippen LogP contribution in [0, 0.1) is 0 Å². The minimum Gasteiger partial charge on any atom is -0.464 e. The number of carbonyl (C=O) groups is 1. The molecule has 0 fully saturated rings. The number of carbonyl (C=O) groups excluding carboxylic acids is 1. The van der Waals surface area contributed by atoms with Crippen LogP contribution in [0.15, 0.2) is 28.0 Å². The SMILES string of the molecule is CCOC(=O)C(O)c1ccc(S(C)(=O)=O)c(S(C)(=O)=O)c1. The predicted molar refractivity (Wildman–Crippen MR) is 74.3 cm³/mol. The van der Waals surface area contributed by atoms with E-state index in [0.29, 0.717) is 0 Å². The van der Waals surface area contributed by atoms with Crippen molar-refractivity contribution in [3.05, 3.63) is 23.8 Å². The van der Waals surface area contributed by atoms with Gasteiger partial charge in [0.15, 0.2) is 25.8 Å². The zero-order valence-corrected chi connectivity index (χ0v) is 13.4. The lowest BCUT2D eigenvalue weighted by molar-refractivity contribution is -0.153. The van der Waals surface area contributed by atoms with E-state index in [-0.39, 0.29) is 17.1 Å². The van der Waals surface area contributed by atoms with Gasteiger partial charge in [0.1, 0.15) is 0 Å². The summed E-state index contributed by atoms with van der Waals surface area (Å²) in [7, 11) is -7.62. The first-order chi connectivity index (χ1) is 9.48. The Bertz CT molecular complexity index is 748. The van der Waals surface area contributed by atoms with Gasteiger partial charge in [0, 0.05) is 12.5 Å². The monoisotopic (exact) mass is 336 g/mol. The summed E-state index contributed by atoms with van der Waals surface area (Å²) in [5.74, 6) is -0.941. The van der Waals surface area contributed by atoms with Crippen molar-refractivity contribution < 1.29 is 31.5 Å². The van der Waals surface area contributed by atoms with Gasteiger partial charge in [-0.1, -0.05) is 6.07 Å². The van der Waals surface area contributed by atoms with Crippen molar-refractivity contribution in [2.24, 2.45) is 0 Å². The first-order valence-corrected chi connectivity index (χ1v) is 9.65. The van der Waals surface area contributed by atoms with Crippen LogP contribution in [0.5, 0.6) is 0 Å². The lowest BCUT2D eigenvalue weighted by Gasteiger charge is -2.13. The van der Waals surface area contributed by atoms with Crippen LogP contribution in [0.1, 0.15) is 18.6 Å². The fourth-order valence-corrected chi connectivity index (χ4v) is 4.08. The second-order valence-electron chi connectivity index (χ2n) is 4.41. The summed E-state index contributed by atoms with van der Waals surface area (Å²) in [4.78, 5) is 10.6. The second-order valence-corrected chi connectivity index (χ2v) is 8.37. The summed E-state index contributed by atoms with van der Waals surface area (Å²) in [5, 5.41) is 9.79. The van der Waals surface area contributed by atoms with Crippen molar-refractivity contribution in [3.8, 4) is 0 Å². The summed E-state index contributed by atoms with van der Waals surface area (Å²) < 4.78 is 51.2. The molecule has 1 N–H and O–H groups in total. The minimum absolute atomic E-state index is 0.0518. The van der Waals surface area contributed by atoms with E-state index in [1.54, 1.807) is 6.92 Å². The Morgan fingerprint density at radius 1 is 1.14 bits per heavy atom. The average molecular weight is 336 g/mol. The Morgan fingerprint density at radius 2 is 1.67 bits per heavy atom. The third-order valence-electron chi connectivity index (χ3n) is 2.59. The van der Waals surface area contributed by atoms with Crippen LogP contribution < -0.4 is 0 Å². The lowest BCUT2D eigenvalue weighted by atomic mass is 10.1. The van der Waals surface area contributed by atoms with Crippen LogP contribution in [0.4, 0.5) is 0 Å². The van der Waals surface area contributed by atoms with Crippen molar-refractivity contribution >= 4 is 25.6 Å². The molecule has 0 radical (unpaired) electrons. The molecule has 0 saturated carbocycles. The molecule has 1 rings (SSSR count). The summed E-state index contributed by atoms with van der Waals surface area (Å²) >= 11 is 0. The molecular weight excluding hydrogens is 320 g/mol. The van der Waals surface area contributed by atoms with E-state index in [1.807, 2.05) is 0 Å². The van der Waals surface area contributed by atoms with Gasteiger partial charge >= 0.3 is 5.97 Å². The van der Waals surface area contributed by atoms with E-state index in [9.17, 15) is 26.7 Å². The lowest BCUT2D eigenvalue weighted by Crippen LogP contribution is -2.16. The van der Waals surface area contributed by atoms with Crippen molar-refractivity contribution in [3.63, 3.8) is 0 Å². The minimum atomic E-state index is -3.85. The number of hydrogen-bond donors (Lipinski definition) is 1. The van der Waals surface area contributed by atoms with Gasteiger partial charge in [-0.2, -0.15) is 0 Å². The van der Waals surface area contributed by atoms with Crippen molar-refractivity contribution in [1.82, 2.24) is 0 Å². The van der Waals surface area contributed by atoms with Gasteiger partial charge < -0.3 is 9.84 Å². The first kappa shape index (κ1) is 17.6. The third kappa shape index (κ3) is 4.26. The fourth-order valence-electron chi connectivity index (χ4n) is 1.65. The van der Waals surface area contributed by atoms with Crippen LogP contribution in [-0.2, 0) is 29.2 Å². The molecule has 118 valence electrons. The summed E-state index contributed by atoms with van der Waals surface area (Å²) in [6.45, 7) is 1.61. The Balaban J connectivity index is 3.46. The van der Waals surface area contributed by atoms with Gasteiger partial charge in [-0.15, -0.1) is 0 Å². The van der Waals surface area contributed by atoms with Crippen molar-refractivity contribution in [2.45, 2.75) is 22.8 Å². The van der Waals surface area contributed by atoms with Gasteiger partial charge in [-0.05, 0) is 24.6 Å². The fraction of sp³-hybridized carbons (Fsp3) is 0.417. The molecule has 0 saturated heterocycles. The quantitative estimate of drug-likeness (QED) is 0.758. The molecule has 7 nitrogen and oxygen atoms in total. The maximum absolute atomic E-state index is 11.7. The van der Waals surface area contributed by atoms with Gasteiger partial charge in [0.2, 0.25) is 0 Å². The molecule has 1 atom stereocenters. The van der Waals surface area contributed by atoms with E-state index >= 15 is 0 Å². The maximum atomic E-state index is 11.7. The molecule has 0 aliphatic rings. The van der Waals surface area contributed by atoms with E-state index in [2.05, 4.69) is 4.74 Å². The molecule has 0 aliphatic heterocycles. The van der Waals surface area contributed by atoms with Crippen LogP contribution in [0.3, 0.4) is 0 Å². The van der Waals surface area contributed by atoms with Crippen molar-refractivity contribution in [1.29, 1.82) is 0 Å². The van der Waals surface area contributed by atoms with E-state index in [0.717, 1.165) is 24.6 Å². The van der Waals surface area contributed by atoms with Crippen LogP contribution in [0.25, 0.3) is 0 Å². The molecular formula is C12H16O7S2. The molecule has 1 aromatic rings. The number of ether oxygens (including phenoxy) is 1. The highest BCUT2D eigenvalue weighted by atomic mass is 32.2. The number of sulfone groups is 2. The van der Waals surface area contributed by atoms with Crippen molar-refractivity contribution in [2.75, 3.05) is 19.1 Å². The first-order valence-electron chi connectivity index (χ1n) is 5.87. The largest absolute Gasteiger partial charge is 0.464 e. The van der Waals surface area contributed by atoms with Crippen LogP contribution in [0.2, 0.25) is 0 Å². The number of esters is 1. The molecule has 1 unspecified atom stereocenters. The Kier molecular flexibility index (Phi) is 5.13. The third-order valence-corrected chi connectivity index (χ3v) is 5.01. The normalized spacial score (nSPS) is 13.7. The number of hydrogen-bond acceptors (Lipinski definition) is 7. The summed E-state index contributed by atoms with van der Waals surface area (Å²) in [6, 6.07) is 3.18. The van der Waals surface area contributed by atoms with E-state index in [1.165, 1.54) is 6.07 Å². The summed E-state index contributed by atoms with van der Waals surface area (Å²) in [5.41, 5.74) is -0.0544. The molecule has 0 spiro atoms. The zero-order chi connectivity index (χ0) is 16.4. The van der Waals surface area contributed by atoms with Gasteiger partial charge in [0.25, 0.3) is 0 Å². The second kappa shape index (κ2) is 6.12. The number of aliphatic hydroxyl groups excluding tert-OH is 1. The molecule has 0 heterocycles. The van der Waals surface area contributed by atoms with Gasteiger partial charge in [0.05, 0.1) is 16.4 Å². The van der Waals surface area contributed by atoms with Gasteiger partial charge in [-0.3, -0.25) is 0 Å². The molecule has 9 heteroatoms. The molecule has 21 heavy (non-hydrogen) atoms. The topological polar surface area (TPSA) is 115 Å². The van der Waals surface area contributed by atoms with Gasteiger partial charge in [-0.25, -0.2) is 21.6 Å². The molecule has 0 aromatic heterocycles. The van der Waals surface area contributed by atoms with Crippen LogP contribution >= 0.6 is 0 Å². The zero-order valence-electron chi connectivity index (χ0n) is 11.7. The summed E-state index contributed by atoms with van der Waals surface area (Å²) in [6.07, 6.45) is 0.0368. The Morgan fingerprint density at radius 3 is 2.10 bits per heavy atom. The molecule has 0 aliphatic carbocycles. The highest BCUT2D eigenvalue weighted by Crippen LogP contribution is 2.26. The highest BCUT2D eigenvalue weighted by Gasteiger charge is 2.25. The van der Waals surface area contributed by atoms with E-state index < -0.39 is 36.6 Å². The molecule has 1 aromatic carbocycles. The highest BCUT2D eigenvalue weighted by molar-refractivity contribution is 7.93. The average Bonchev–Trinajstić information content (AvgIpc) is 2.35. The number of benzene rings is 1. The Hall–Kier alpha value is -1.45. The Labute approximate surface area is 123 Å². The maximum Gasteiger partial charge on any atom is 0.339 e. The van der Waals surface area contributed by atoms with Crippen LogP contribution in [-0.4, -0.2) is 47.0 Å². The standard InChI is InChI=1S/C12H16O7S2/c1-4-19-12(14)11(13)8-5-6-9(20(2,15)16)10(7-8)21(3,17)18/h5-7,11,13H,4H2,1-3H3. The number of aliphatic hydroxyl groups is 1. The smallest absolute Gasteiger partial charge is 0.339 e. The van der Waals surface area contributed by atoms with E-state index in [4.69, 9.17) is 0 Å². The predicted octanol–water partition coefficient (Wildman–Crippen LogP) is 0.0901.